The minimum Gasteiger partial charge on any atom is -0.378 e. The molecule has 2 aromatic carbocycles. The van der Waals surface area contributed by atoms with Crippen LogP contribution in [0.5, 0.6) is 0 Å². The summed E-state index contributed by atoms with van der Waals surface area (Å²) in [5, 5.41) is 0. The molecule has 0 saturated carbocycles. The minimum atomic E-state index is 0.294. The van der Waals surface area contributed by atoms with Crippen LogP contribution in [-0.2, 0) is 6.04 Å². The minimum absolute atomic E-state index is 0.294. The predicted octanol–water partition coefficient (Wildman–Crippen LogP) is 3.43. The fourth-order valence-corrected chi connectivity index (χ4v) is 3.27. The van der Waals surface area contributed by atoms with Crippen molar-refractivity contribution in [1.29, 1.82) is 0 Å². The molecule has 0 bridgehead atoms. The molecule has 0 spiro atoms. The van der Waals surface area contributed by atoms with Crippen LogP contribution in [-0.4, -0.2) is 37.7 Å². The highest BCUT2D eigenvalue weighted by Gasteiger charge is 1.98. The normalized spacial score (nSPS) is 10.9. The quantitative estimate of drug-likeness (QED) is 0.754. The molecule has 0 fully saturated rings. The van der Waals surface area contributed by atoms with Crippen LogP contribution >= 0.6 is 0 Å². The molecule has 0 aliphatic rings. The Balaban J connectivity index is 1.93. The highest BCUT2D eigenvalue weighted by Crippen LogP contribution is 2.15. The first-order valence-electron chi connectivity index (χ1n) is 7.60. The number of hydrogen-bond donors (Lipinski definition) is 0. The molecule has 0 amide bonds. The van der Waals surface area contributed by atoms with E-state index < -0.39 is 0 Å². The lowest BCUT2D eigenvalue weighted by molar-refractivity contribution is 1.12. The van der Waals surface area contributed by atoms with E-state index in [1.165, 1.54) is 22.5 Å². The average Bonchev–Trinajstić information content (AvgIpc) is 2.52. The lowest BCUT2D eigenvalue weighted by Crippen LogP contribution is -2.09. The van der Waals surface area contributed by atoms with Crippen LogP contribution in [0.3, 0.4) is 0 Å². The van der Waals surface area contributed by atoms with Gasteiger partial charge < -0.3 is 9.80 Å². The van der Waals surface area contributed by atoms with Gasteiger partial charge in [0, 0.05) is 39.6 Å². The van der Waals surface area contributed by atoms with Gasteiger partial charge in [0.25, 0.3) is 0 Å². The summed E-state index contributed by atoms with van der Waals surface area (Å²) in [4.78, 5) is 4.29. The smallest absolute Gasteiger partial charge is 0.0614 e. The van der Waals surface area contributed by atoms with Gasteiger partial charge in [-0.05, 0) is 41.4 Å². The zero-order valence-electron chi connectivity index (χ0n) is 14.0. The molecule has 22 heavy (non-hydrogen) atoms. The Morgan fingerprint density at radius 3 is 2.18 bits per heavy atom. The van der Waals surface area contributed by atoms with Crippen molar-refractivity contribution in [3.05, 3.63) is 65.4 Å². The molecule has 0 atom stereocenters. The monoisotopic (exact) mass is 309 g/mol. The SMILES string of the molecule is CN(C)c1cccc(C=C[SiH]Cc2cccc(N(C)C)c2)c1. The van der Waals surface area contributed by atoms with Crippen LogP contribution in [0.15, 0.2) is 54.2 Å². The van der Waals surface area contributed by atoms with Gasteiger partial charge in [0.1, 0.15) is 0 Å². The first-order chi connectivity index (χ1) is 10.6. The number of hydrogen-bond acceptors (Lipinski definition) is 2. The third-order valence-electron chi connectivity index (χ3n) is 3.59. The molecule has 0 aliphatic carbocycles. The van der Waals surface area contributed by atoms with Crippen LogP contribution < -0.4 is 9.80 Å². The molecule has 1 radical (unpaired) electrons. The van der Waals surface area contributed by atoms with Gasteiger partial charge in [-0.3, -0.25) is 0 Å². The second-order valence-electron chi connectivity index (χ2n) is 5.85. The lowest BCUT2D eigenvalue weighted by Gasteiger charge is -2.13. The first-order valence-corrected chi connectivity index (χ1v) is 9.08. The van der Waals surface area contributed by atoms with E-state index in [-0.39, 0.29) is 0 Å². The fourth-order valence-electron chi connectivity index (χ4n) is 2.25. The summed E-state index contributed by atoms with van der Waals surface area (Å²) in [5.41, 5.74) is 7.57. The topological polar surface area (TPSA) is 6.48 Å². The van der Waals surface area contributed by atoms with Crippen LogP contribution in [0.4, 0.5) is 11.4 Å². The molecular formula is C19H25N2Si. The fraction of sp³-hybridized carbons (Fsp3) is 0.263. The zero-order chi connectivity index (χ0) is 15.9. The van der Waals surface area contributed by atoms with Crippen molar-refractivity contribution in [2.75, 3.05) is 38.0 Å². The van der Waals surface area contributed by atoms with Crippen LogP contribution in [0.25, 0.3) is 6.08 Å². The third kappa shape index (κ3) is 4.78. The van der Waals surface area contributed by atoms with Crippen molar-refractivity contribution < 1.29 is 0 Å². The van der Waals surface area contributed by atoms with Crippen molar-refractivity contribution >= 4 is 27.0 Å². The van der Waals surface area contributed by atoms with Crippen LogP contribution in [0.1, 0.15) is 11.1 Å². The van der Waals surface area contributed by atoms with Gasteiger partial charge in [-0.1, -0.05) is 36.0 Å². The summed E-state index contributed by atoms with van der Waals surface area (Å²) in [5.74, 6) is 0. The molecule has 0 aliphatic heterocycles. The van der Waals surface area contributed by atoms with Gasteiger partial charge in [0.15, 0.2) is 0 Å². The molecule has 0 N–H and O–H groups in total. The van der Waals surface area contributed by atoms with E-state index in [0.717, 1.165) is 6.04 Å². The highest BCUT2D eigenvalue weighted by atomic mass is 28.2. The average molecular weight is 310 g/mol. The van der Waals surface area contributed by atoms with Gasteiger partial charge in [0.2, 0.25) is 0 Å². The Kier molecular flexibility index (Phi) is 5.84. The summed E-state index contributed by atoms with van der Waals surface area (Å²) >= 11 is 0. The Morgan fingerprint density at radius 2 is 1.50 bits per heavy atom. The van der Waals surface area contributed by atoms with Crippen LogP contribution in [0, 0.1) is 0 Å². The maximum Gasteiger partial charge on any atom is 0.0614 e. The Morgan fingerprint density at radius 1 is 0.864 bits per heavy atom. The molecular weight excluding hydrogens is 284 g/mol. The molecule has 0 saturated heterocycles. The second kappa shape index (κ2) is 7.85. The highest BCUT2D eigenvalue weighted by molar-refractivity contribution is 6.42. The molecule has 2 rings (SSSR count). The lowest BCUT2D eigenvalue weighted by atomic mass is 10.2. The Hall–Kier alpha value is -2.00. The third-order valence-corrected chi connectivity index (χ3v) is 4.76. The van der Waals surface area contributed by atoms with Crippen molar-refractivity contribution in [3.63, 3.8) is 0 Å². The van der Waals surface area contributed by atoms with Crippen molar-refractivity contribution in [1.82, 2.24) is 0 Å². The largest absolute Gasteiger partial charge is 0.378 e. The van der Waals surface area contributed by atoms with Gasteiger partial charge in [-0.2, -0.15) is 0 Å². The molecule has 0 aromatic heterocycles. The van der Waals surface area contributed by atoms with Gasteiger partial charge in [0.05, 0.1) is 9.52 Å². The van der Waals surface area contributed by atoms with Crippen molar-refractivity contribution in [2.45, 2.75) is 6.04 Å². The predicted molar refractivity (Wildman–Crippen MR) is 101 cm³/mol. The van der Waals surface area contributed by atoms with E-state index in [9.17, 15) is 0 Å². The molecule has 2 nitrogen and oxygen atoms in total. The first kappa shape index (κ1) is 16.4. The van der Waals surface area contributed by atoms with Crippen molar-refractivity contribution in [3.8, 4) is 0 Å². The number of benzene rings is 2. The molecule has 115 valence electrons. The van der Waals surface area contributed by atoms with E-state index in [1.54, 1.807) is 0 Å². The van der Waals surface area contributed by atoms with Gasteiger partial charge in [-0.15, -0.1) is 0 Å². The number of anilines is 2. The molecule has 0 heterocycles. The van der Waals surface area contributed by atoms with Gasteiger partial charge in [-0.25, -0.2) is 0 Å². The number of nitrogens with zero attached hydrogens (tertiary/aromatic N) is 2. The molecule has 2 aromatic rings. The number of rotatable bonds is 6. The van der Waals surface area contributed by atoms with E-state index in [0.29, 0.717) is 9.52 Å². The maximum absolute atomic E-state index is 2.34. The van der Waals surface area contributed by atoms with E-state index >= 15 is 0 Å². The van der Waals surface area contributed by atoms with Crippen LogP contribution in [0.2, 0.25) is 0 Å². The Labute approximate surface area is 136 Å². The summed E-state index contributed by atoms with van der Waals surface area (Å²) < 4.78 is 0. The maximum atomic E-state index is 2.34. The summed E-state index contributed by atoms with van der Waals surface area (Å²) in [6.45, 7) is 0. The Bertz CT molecular complexity index is 633. The molecule has 3 heteroatoms. The van der Waals surface area contributed by atoms with Gasteiger partial charge >= 0.3 is 0 Å². The zero-order valence-corrected chi connectivity index (χ0v) is 15.1. The van der Waals surface area contributed by atoms with Crippen molar-refractivity contribution in [2.24, 2.45) is 0 Å². The summed E-state index contributed by atoms with van der Waals surface area (Å²) in [6, 6.07) is 18.6. The van der Waals surface area contributed by atoms with E-state index in [1.807, 2.05) is 0 Å². The van der Waals surface area contributed by atoms with E-state index in [4.69, 9.17) is 0 Å². The second-order valence-corrected chi connectivity index (χ2v) is 7.12. The summed E-state index contributed by atoms with van der Waals surface area (Å²) in [6.07, 6.45) is 2.25. The van der Waals surface area contributed by atoms with E-state index in [2.05, 4.69) is 98.3 Å². The summed E-state index contributed by atoms with van der Waals surface area (Å²) in [7, 11) is 8.62. The standard InChI is InChI=1S/C19H25N2Si/c1-20(2)18-9-5-7-16(13-18)11-12-22-15-17-8-6-10-19(14-17)21(3)4/h5-14,22H,15H2,1-4H3. The molecule has 0 unspecified atom stereocenters.